The highest BCUT2D eigenvalue weighted by molar-refractivity contribution is 7.86. The highest BCUT2D eigenvalue weighted by Gasteiger charge is 2.29. The fourth-order valence-electron chi connectivity index (χ4n) is 5.60. The number of anilines is 1. The monoisotopic (exact) mass is 865 g/mol. The van der Waals surface area contributed by atoms with E-state index in [-0.39, 0.29) is 33.4 Å². The number of nitrogens with two attached hydrogens (primary N) is 1. The maximum absolute atomic E-state index is 12.6. The summed E-state index contributed by atoms with van der Waals surface area (Å²) in [5, 5.41) is 62.2. The van der Waals surface area contributed by atoms with Crippen molar-refractivity contribution in [1.82, 2.24) is 0 Å². The summed E-state index contributed by atoms with van der Waals surface area (Å²) in [4.78, 5) is 19.9. The topological polar surface area (TPSA) is 378 Å². The Hall–Kier alpha value is -7.29. The van der Waals surface area contributed by atoms with E-state index < -0.39 is 108 Å². The molecule has 302 valence electrons. The highest BCUT2D eigenvalue weighted by atomic mass is 32.2. The molecule has 0 fully saturated rings. The molecule has 9 N–H and O–H groups in total. The lowest BCUT2D eigenvalue weighted by atomic mass is 10.0. The van der Waals surface area contributed by atoms with Gasteiger partial charge in [0.25, 0.3) is 30.4 Å². The first-order valence-electron chi connectivity index (χ1n) is 15.8. The normalized spacial score (nSPS) is 12.7. The average Bonchev–Trinajstić information content (AvgIpc) is 3.15. The molecule has 6 rings (SSSR count). The molecule has 22 nitrogen and oxygen atoms in total. The van der Waals surface area contributed by atoms with Crippen molar-refractivity contribution in [3.8, 4) is 11.5 Å². The van der Waals surface area contributed by atoms with Crippen LogP contribution in [-0.4, -0.2) is 71.3 Å². The van der Waals surface area contributed by atoms with E-state index in [4.69, 9.17) is 5.73 Å². The molecular weight excluding hydrogens is 843 g/mol. The number of benzene rings is 6. The highest BCUT2D eigenvalue weighted by Crippen LogP contribution is 2.49. The molecule has 6 aromatic rings. The molecule has 25 heteroatoms. The second kappa shape index (κ2) is 15.2. The number of nitrogen functional groups attached to an aromatic ring is 1. The summed E-state index contributed by atoms with van der Waals surface area (Å²) >= 11 is 0. The Morgan fingerprint density at radius 3 is 1.49 bits per heavy atom. The lowest BCUT2D eigenvalue weighted by molar-refractivity contribution is 0.0687. The smallest absolute Gasteiger partial charge is 0.337 e. The van der Waals surface area contributed by atoms with E-state index in [1.165, 1.54) is 54.6 Å². The first-order chi connectivity index (χ1) is 27.6. The molecule has 0 bridgehead atoms. The zero-order chi connectivity index (χ0) is 43.2. The third-order valence-electron chi connectivity index (χ3n) is 8.24. The van der Waals surface area contributed by atoms with Gasteiger partial charge < -0.3 is 26.2 Å². The molecule has 0 unspecified atom stereocenters. The van der Waals surface area contributed by atoms with Gasteiger partial charge >= 0.3 is 11.9 Å². The lowest BCUT2D eigenvalue weighted by Crippen LogP contribution is -2.04. The van der Waals surface area contributed by atoms with Crippen molar-refractivity contribution in [3.05, 3.63) is 96.1 Å². The van der Waals surface area contributed by atoms with Gasteiger partial charge in [0, 0.05) is 10.8 Å². The van der Waals surface area contributed by atoms with Gasteiger partial charge in [-0.3, -0.25) is 13.7 Å². The van der Waals surface area contributed by atoms with E-state index in [9.17, 15) is 68.9 Å². The van der Waals surface area contributed by atoms with Gasteiger partial charge in [-0.25, -0.2) is 9.59 Å². The number of nitrogens with zero attached hydrogens (tertiary/aromatic N) is 6. The molecular formula is C34H23N7O15S3. The quantitative estimate of drug-likeness (QED) is 0.0358. The van der Waals surface area contributed by atoms with Crippen LogP contribution in [0.5, 0.6) is 11.5 Å². The Morgan fingerprint density at radius 1 is 0.508 bits per heavy atom. The Labute approximate surface area is 330 Å². The average molecular weight is 866 g/mol. The van der Waals surface area contributed by atoms with Crippen LogP contribution in [0, 0.1) is 0 Å². The fourth-order valence-corrected chi connectivity index (χ4v) is 7.60. The van der Waals surface area contributed by atoms with Gasteiger partial charge in [-0.05, 0) is 66.0 Å². The minimum Gasteiger partial charge on any atom is -0.505 e. The van der Waals surface area contributed by atoms with Crippen molar-refractivity contribution in [1.29, 1.82) is 0 Å². The molecule has 0 radical (unpaired) electrons. The second-order valence-corrected chi connectivity index (χ2v) is 16.1. The number of aromatic hydroxyl groups is 2. The Morgan fingerprint density at radius 2 is 0.983 bits per heavy atom. The standard InChI is InChI=1S/C34H23N7O15S3/c35-28-23(14-24(57(48,49)50)20-13-26(59(54,55)56)30(32(43)27(20)28)41-38-22-8-4-2-6-19(22)34(46)47)39-36-16-9-10-17-15(11-16)12-25(58(51,52)53)29(31(17)42)40-37-21-7-3-1-5-18(21)33(44)45/h1-14,42-43H,35H2,(H,44,45)(H,46,47)(H,48,49,50)(H,51,52,53)(H,54,55,56). The number of carboxylic acid groups (broad SMARTS) is 2. The summed E-state index contributed by atoms with van der Waals surface area (Å²) in [7, 11) is -15.8. The van der Waals surface area contributed by atoms with Gasteiger partial charge in [0.05, 0.1) is 27.9 Å². The maximum Gasteiger partial charge on any atom is 0.337 e. The number of phenolic OH excluding ortho intramolecular Hbond substituents is 2. The predicted molar refractivity (Wildman–Crippen MR) is 204 cm³/mol. The number of azo groups is 3. The number of hydrogen-bond donors (Lipinski definition) is 8. The van der Waals surface area contributed by atoms with Crippen LogP contribution in [0.15, 0.2) is 130 Å². The number of carbonyl (C=O) groups is 2. The predicted octanol–water partition coefficient (Wildman–Crippen LogP) is 7.37. The van der Waals surface area contributed by atoms with Gasteiger partial charge in [0.15, 0.2) is 11.5 Å². The molecule has 59 heavy (non-hydrogen) atoms. The van der Waals surface area contributed by atoms with Gasteiger partial charge in [-0.1, -0.05) is 24.3 Å². The van der Waals surface area contributed by atoms with E-state index in [0.717, 1.165) is 18.2 Å². The van der Waals surface area contributed by atoms with Crippen LogP contribution >= 0.6 is 0 Å². The van der Waals surface area contributed by atoms with Crippen LogP contribution in [0.2, 0.25) is 0 Å². The van der Waals surface area contributed by atoms with E-state index in [0.29, 0.717) is 12.1 Å². The van der Waals surface area contributed by atoms with Gasteiger partial charge in [0.2, 0.25) is 0 Å². The number of phenols is 2. The molecule has 0 aromatic heterocycles. The Balaban J connectivity index is 1.51. The lowest BCUT2D eigenvalue weighted by Gasteiger charge is -2.14. The van der Waals surface area contributed by atoms with Crippen molar-refractivity contribution < 1.29 is 68.9 Å². The molecule has 6 aromatic carbocycles. The largest absolute Gasteiger partial charge is 0.505 e. The van der Waals surface area contributed by atoms with Crippen LogP contribution in [0.1, 0.15) is 20.7 Å². The maximum atomic E-state index is 12.6. The third-order valence-corrected chi connectivity index (χ3v) is 10.9. The van der Waals surface area contributed by atoms with Crippen LogP contribution < -0.4 is 5.73 Å². The SMILES string of the molecule is Nc1c(N=Nc2ccc3c(O)c(N=Nc4ccccc4C(=O)O)c(S(=O)(=O)O)cc3c2)cc(S(=O)(=O)O)c2cc(S(=O)(=O)O)c(N=Nc3ccccc3C(=O)O)c(O)c12. The van der Waals surface area contributed by atoms with Gasteiger partial charge in [0.1, 0.15) is 43.1 Å². The Kier molecular flexibility index (Phi) is 10.7. The second-order valence-electron chi connectivity index (χ2n) is 11.9. The van der Waals surface area contributed by atoms with E-state index in [1.54, 1.807) is 0 Å². The molecule has 0 aliphatic heterocycles. The molecule has 0 aliphatic carbocycles. The van der Waals surface area contributed by atoms with Crippen LogP contribution in [-0.2, 0) is 30.4 Å². The van der Waals surface area contributed by atoms with Crippen molar-refractivity contribution in [3.63, 3.8) is 0 Å². The molecule has 0 heterocycles. The molecule has 0 spiro atoms. The third kappa shape index (κ3) is 8.26. The van der Waals surface area contributed by atoms with Crippen molar-refractivity contribution in [2.75, 3.05) is 5.73 Å². The molecule has 0 aliphatic rings. The molecule has 0 amide bonds. The zero-order valence-electron chi connectivity index (χ0n) is 29.0. The number of hydrogen-bond acceptors (Lipinski definition) is 17. The van der Waals surface area contributed by atoms with E-state index in [1.807, 2.05) is 0 Å². The van der Waals surface area contributed by atoms with Crippen molar-refractivity contribution in [2.24, 2.45) is 30.7 Å². The number of carboxylic acids is 2. The minimum atomic E-state index is -5.36. The molecule has 0 saturated carbocycles. The summed E-state index contributed by atoms with van der Waals surface area (Å²) < 4.78 is 105. The summed E-state index contributed by atoms with van der Waals surface area (Å²) in [5.74, 6) is -4.87. The van der Waals surface area contributed by atoms with Crippen molar-refractivity contribution >= 4 is 104 Å². The first kappa shape index (κ1) is 41.3. The van der Waals surface area contributed by atoms with E-state index >= 15 is 0 Å². The summed E-state index contributed by atoms with van der Waals surface area (Å²) in [6.45, 7) is 0. The number of aromatic carboxylic acids is 2. The number of fused-ring (bicyclic) bond motifs is 2. The van der Waals surface area contributed by atoms with E-state index in [2.05, 4.69) is 30.7 Å². The number of rotatable bonds is 11. The van der Waals surface area contributed by atoms with Crippen LogP contribution in [0.3, 0.4) is 0 Å². The summed E-state index contributed by atoms with van der Waals surface area (Å²) in [6.07, 6.45) is 0. The molecule has 0 saturated heterocycles. The van der Waals surface area contributed by atoms with Gasteiger partial charge in [-0.2, -0.15) is 30.4 Å². The fraction of sp³-hybridized carbons (Fsp3) is 0. The Bertz CT molecular complexity index is 3250. The van der Waals surface area contributed by atoms with Crippen molar-refractivity contribution in [2.45, 2.75) is 14.7 Å². The van der Waals surface area contributed by atoms with Gasteiger partial charge in [-0.15, -0.1) is 25.6 Å². The summed E-state index contributed by atoms with van der Waals surface area (Å²) in [6, 6.07) is 15.9. The first-order valence-corrected chi connectivity index (χ1v) is 20.1. The zero-order valence-corrected chi connectivity index (χ0v) is 31.4. The summed E-state index contributed by atoms with van der Waals surface area (Å²) in [5.41, 5.74) is 1.89. The van der Waals surface area contributed by atoms with Crippen LogP contribution in [0.4, 0.5) is 39.8 Å². The van der Waals surface area contributed by atoms with Crippen LogP contribution in [0.25, 0.3) is 21.5 Å². The molecule has 0 atom stereocenters. The minimum absolute atomic E-state index is 0.0806.